The Kier molecular flexibility index (Phi) is 7.42. The van der Waals surface area contributed by atoms with Gasteiger partial charge < -0.3 is 24.3 Å². The molecule has 8 heteroatoms. The number of hydrogen-bond acceptors (Lipinski definition) is 6. The molecule has 1 amide bonds. The Morgan fingerprint density at radius 2 is 1.97 bits per heavy atom. The van der Waals surface area contributed by atoms with Crippen LogP contribution < -0.4 is 24.3 Å². The third-order valence-corrected chi connectivity index (χ3v) is 4.97. The highest BCUT2D eigenvalue weighted by atomic mass is 79.9. The van der Waals surface area contributed by atoms with Crippen molar-refractivity contribution in [3.8, 4) is 29.1 Å². The Morgan fingerprint density at radius 3 is 2.68 bits per heavy atom. The molecule has 2 aromatic rings. The number of rotatable bonds is 8. The van der Waals surface area contributed by atoms with Crippen molar-refractivity contribution in [3.63, 3.8) is 0 Å². The number of hydrogen-bond donors (Lipinski definition) is 1. The van der Waals surface area contributed by atoms with Gasteiger partial charge in [0.2, 0.25) is 6.79 Å². The van der Waals surface area contributed by atoms with E-state index in [9.17, 15) is 10.1 Å². The van der Waals surface area contributed by atoms with Crippen molar-refractivity contribution < 1.29 is 23.7 Å². The normalized spacial score (nSPS) is 12.5. The monoisotopic (exact) mass is 486 g/mol. The van der Waals surface area contributed by atoms with Crippen LogP contribution in [0.5, 0.6) is 23.0 Å². The summed E-state index contributed by atoms with van der Waals surface area (Å²) in [4.78, 5) is 12.2. The second kappa shape index (κ2) is 10.2. The van der Waals surface area contributed by atoms with Crippen LogP contribution in [0.15, 0.2) is 40.4 Å². The van der Waals surface area contributed by atoms with Gasteiger partial charge in [-0.3, -0.25) is 4.79 Å². The fourth-order valence-corrected chi connectivity index (χ4v) is 3.32. The van der Waals surface area contributed by atoms with Crippen molar-refractivity contribution in [3.05, 3.63) is 51.5 Å². The van der Waals surface area contributed by atoms with E-state index in [1.165, 1.54) is 6.08 Å². The zero-order chi connectivity index (χ0) is 22.4. The van der Waals surface area contributed by atoms with Gasteiger partial charge in [-0.15, -0.1) is 0 Å². The molecule has 2 aromatic carbocycles. The fourth-order valence-electron chi connectivity index (χ4n) is 2.88. The first-order valence-electron chi connectivity index (χ1n) is 9.81. The van der Waals surface area contributed by atoms with E-state index in [1.54, 1.807) is 12.1 Å². The van der Waals surface area contributed by atoms with Crippen molar-refractivity contribution in [2.24, 2.45) is 0 Å². The molecule has 1 heterocycles. The number of ether oxygens (including phenoxy) is 4. The van der Waals surface area contributed by atoms with E-state index in [0.29, 0.717) is 46.2 Å². The SMILES string of the molecule is CCOc1cc(/C=C(/C#N)C(=O)NC(C)C)c(Br)cc1OCc1ccc2c(c1)OCO2. The predicted octanol–water partition coefficient (Wildman–Crippen LogP) is 4.59. The van der Waals surface area contributed by atoms with Crippen LogP contribution in [-0.4, -0.2) is 25.3 Å². The predicted molar refractivity (Wildman–Crippen MR) is 119 cm³/mol. The van der Waals surface area contributed by atoms with Crippen LogP contribution in [0.2, 0.25) is 0 Å². The molecule has 0 fully saturated rings. The lowest BCUT2D eigenvalue weighted by atomic mass is 10.1. The minimum absolute atomic E-state index is 0.00544. The average molecular weight is 487 g/mol. The highest BCUT2D eigenvalue weighted by Crippen LogP contribution is 2.36. The van der Waals surface area contributed by atoms with Gasteiger partial charge in [-0.1, -0.05) is 22.0 Å². The van der Waals surface area contributed by atoms with E-state index in [-0.39, 0.29) is 18.4 Å². The topological polar surface area (TPSA) is 89.8 Å². The highest BCUT2D eigenvalue weighted by Gasteiger charge is 2.16. The van der Waals surface area contributed by atoms with Crippen molar-refractivity contribution >= 4 is 27.9 Å². The van der Waals surface area contributed by atoms with Crippen LogP contribution in [0.4, 0.5) is 0 Å². The third kappa shape index (κ3) is 5.70. The molecule has 7 nitrogen and oxygen atoms in total. The molecule has 0 aliphatic carbocycles. The van der Waals surface area contributed by atoms with Crippen LogP contribution >= 0.6 is 15.9 Å². The summed E-state index contributed by atoms with van der Waals surface area (Å²) >= 11 is 3.50. The molecule has 0 radical (unpaired) electrons. The largest absolute Gasteiger partial charge is 0.490 e. The second-order valence-corrected chi connectivity index (χ2v) is 7.88. The summed E-state index contributed by atoms with van der Waals surface area (Å²) in [5, 5.41) is 12.1. The average Bonchev–Trinajstić information content (AvgIpc) is 3.20. The highest BCUT2D eigenvalue weighted by molar-refractivity contribution is 9.10. The molecule has 31 heavy (non-hydrogen) atoms. The van der Waals surface area contributed by atoms with Gasteiger partial charge >= 0.3 is 0 Å². The lowest BCUT2D eigenvalue weighted by molar-refractivity contribution is -0.117. The Labute approximate surface area is 189 Å². The van der Waals surface area contributed by atoms with Crippen LogP contribution in [-0.2, 0) is 11.4 Å². The van der Waals surface area contributed by atoms with E-state index in [4.69, 9.17) is 18.9 Å². The van der Waals surface area contributed by atoms with Gasteiger partial charge in [-0.2, -0.15) is 5.26 Å². The van der Waals surface area contributed by atoms with Crippen LogP contribution in [0.1, 0.15) is 31.9 Å². The number of carbonyl (C=O) groups excluding carboxylic acids is 1. The maximum atomic E-state index is 12.2. The molecule has 0 aromatic heterocycles. The summed E-state index contributed by atoms with van der Waals surface area (Å²) in [6, 6.07) is 11.0. The number of nitrogens with zero attached hydrogens (tertiary/aromatic N) is 1. The second-order valence-electron chi connectivity index (χ2n) is 7.03. The Morgan fingerprint density at radius 1 is 1.23 bits per heavy atom. The first-order valence-corrected chi connectivity index (χ1v) is 10.6. The maximum absolute atomic E-state index is 12.2. The summed E-state index contributed by atoms with van der Waals surface area (Å²) < 4.78 is 23.1. The molecule has 0 saturated heterocycles. The van der Waals surface area contributed by atoms with E-state index in [1.807, 2.05) is 45.0 Å². The lowest BCUT2D eigenvalue weighted by Crippen LogP contribution is -2.30. The lowest BCUT2D eigenvalue weighted by Gasteiger charge is -2.14. The summed E-state index contributed by atoms with van der Waals surface area (Å²) in [6.07, 6.45) is 1.52. The molecule has 0 unspecified atom stereocenters. The van der Waals surface area contributed by atoms with E-state index < -0.39 is 5.91 Å². The number of carbonyl (C=O) groups is 1. The minimum Gasteiger partial charge on any atom is -0.490 e. The van der Waals surface area contributed by atoms with Gasteiger partial charge in [-0.05, 0) is 62.2 Å². The number of amides is 1. The zero-order valence-corrected chi connectivity index (χ0v) is 19.1. The molecule has 0 bridgehead atoms. The van der Waals surface area contributed by atoms with Crippen LogP contribution in [0.25, 0.3) is 6.08 Å². The summed E-state index contributed by atoms with van der Waals surface area (Å²) in [5.74, 6) is 2.03. The summed E-state index contributed by atoms with van der Waals surface area (Å²) in [5.41, 5.74) is 1.56. The fraction of sp³-hybridized carbons (Fsp3) is 0.304. The quantitative estimate of drug-likeness (QED) is 0.433. The molecule has 3 rings (SSSR count). The molecular weight excluding hydrogens is 464 g/mol. The van der Waals surface area contributed by atoms with Crippen LogP contribution in [0, 0.1) is 11.3 Å². The molecule has 162 valence electrons. The van der Waals surface area contributed by atoms with Crippen molar-refractivity contribution in [2.75, 3.05) is 13.4 Å². The smallest absolute Gasteiger partial charge is 0.262 e. The van der Waals surface area contributed by atoms with E-state index in [0.717, 1.165) is 5.56 Å². The standard InChI is InChI=1S/C23H23BrN2O5/c1-4-28-21-9-16(8-17(11-25)23(27)26-14(2)3)18(24)10-22(21)29-12-15-5-6-19-20(7-15)31-13-30-19/h5-10,14H,4,12-13H2,1-3H3,(H,26,27)/b17-8-. The third-order valence-electron chi connectivity index (χ3n) is 4.28. The van der Waals surface area contributed by atoms with Gasteiger partial charge in [0, 0.05) is 10.5 Å². The van der Waals surface area contributed by atoms with Crippen LogP contribution in [0.3, 0.4) is 0 Å². The Balaban J connectivity index is 1.83. The number of benzene rings is 2. The number of nitriles is 1. The minimum atomic E-state index is -0.425. The van der Waals surface area contributed by atoms with E-state index in [2.05, 4.69) is 21.2 Å². The zero-order valence-electron chi connectivity index (χ0n) is 17.5. The molecule has 0 saturated carbocycles. The van der Waals surface area contributed by atoms with E-state index >= 15 is 0 Å². The van der Waals surface area contributed by atoms with Gasteiger partial charge in [0.15, 0.2) is 23.0 Å². The number of nitrogens with one attached hydrogen (secondary N) is 1. The number of halogens is 1. The Hall–Kier alpha value is -3.18. The first-order chi connectivity index (χ1) is 14.9. The Bertz CT molecular complexity index is 1040. The number of fused-ring (bicyclic) bond motifs is 1. The van der Waals surface area contributed by atoms with Gasteiger partial charge in [0.1, 0.15) is 18.2 Å². The maximum Gasteiger partial charge on any atom is 0.262 e. The van der Waals surface area contributed by atoms with Gasteiger partial charge in [0.05, 0.1) is 6.61 Å². The summed E-state index contributed by atoms with van der Waals surface area (Å²) in [6.45, 7) is 6.50. The molecule has 1 N–H and O–H groups in total. The van der Waals surface area contributed by atoms with Gasteiger partial charge in [0.25, 0.3) is 5.91 Å². The first kappa shape index (κ1) is 22.5. The molecule has 0 atom stereocenters. The van der Waals surface area contributed by atoms with Crippen molar-refractivity contribution in [1.82, 2.24) is 5.32 Å². The van der Waals surface area contributed by atoms with Crippen molar-refractivity contribution in [1.29, 1.82) is 5.26 Å². The molecule has 1 aliphatic heterocycles. The van der Waals surface area contributed by atoms with Crippen molar-refractivity contribution in [2.45, 2.75) is 33.4 Å². The molecule has 1 aliphatic rings. The molecular formula is C23H23BrN2O5. The van der Waals surface area contributed by atoms with Gasteiger partial charge in [-0.25, -0.2) is 0 Å². The summed E-state index contributed by atoms with van der Waals surface area (Å²) in [7, 11) is 0. The molecule has 0 spiro atoms.